The molecule has 8 heteroatoms. The van der Waals surface area contributed by atoms with Crippen LogP contribution in [0.3, 0.4) is 0 Å². The predicted octanol–water partition coefficient (Wildman–Crippen LogP) is 2.33. The summed E-state index contributed by atoms with van der Waals surface area (Å²) in [6, 6.07) is 11.7. The van der Waals surface area contributed by atoms with Gasteiger partial charge in [0.2, 0.25) is 0 Å². The number of amides is 1. The van der Waals surface area contributed by atoms with Crippen molar-refractivity contribution in [1.29, 1.82) is 0 Å². The third-order valence-corrected chi connectivity index (χ3v) is 5.47. The number of aromatic amines is 1. The van der Waals surface area contributed by atoms with Gasteiger partial charge in [0, 0.05) is 37.5 Å². The normalized spacial score (nSPS) is 14.6. The monoisotopic (exact) mass is 391 g/mol. The number of H-pyrrole nitrogens is 1. The van der Waals surface area contributed by atoms with Crippen LogP contribution in [0.15, 0.2) is 48.8 Å². The van der Waals surface area contributed by atoms with Crippen LogP contribution in [0.25, 0.3) is 11.1 Å². The summed E-state index contributed by atoms with van der Waals surface area (Å²) in [4.78, 5) is 16.5. The predicted molar refractivity (Wildman–Crippen MR) is 113 cm³/mol. The smallest absolute Gasteiger partial charge is 0.259 e. The van der Waals surface area contributed by atoms with Crippen LogP contribution in [-0.2, 0) is 0 Å². The lowest BCUT2D eigenvalue weighted by Crippen LogP contribution is -2.41. The van der Waals surface area contributed by atoms with Gasteiger partial charge in [0.1, 0.15) is 0 Å². The van der Waals surface area contributed by atoms with E-state index in [0.29, 0.717) is 17.4 Å². The van der Waals surface area contributed by atoms with Crippen molar-refractivity contribution in [2.45, 2.75) is 18.9 Å². The number of carbonyl (C=O) groups is 1. The third kappa shape index (κ3) is 4.12. The van der Waals surface area contributed by atoms with Gasteiger partial charge in [-0.05, 0) is 55.8 Å². The molecule has 4 rings (SSSR count). The Labute approximate surface area is 169 Å². The number of aromatic nitrogens is 4. The highest BCUT2D eigenvalue weighted by molar-refractivity contribution is 6.05. The van der Waals surface area contributed by atoms with Gasteiger partial charge in [-0.3, -0.25) is 14.8 Å². The van der Waals surface area contributed by atoms with Crippen LogP contribution in [0.1, 0.15) is 23.2 Å². The van der Waals surface area contributed by atoms with Crippen LogP contribution >= 0.6 is 0 Å². The molecule has 0 aliphatic carbocycles. The number of hydrogen-bond donors (Lipinski definition) is 2. The van der Waals surface area contributed by atoms with E-state index in [0.717, 1.165) is 42.9 Å². The number of benzene rings is 1. The molecule has 1 aliphatic heterocycles. The Balaban J connectivity index is 1.44. The summed E-state index contributed by atoms with van der Waals surface area (Å²) in [5.41, 5.74) is 2.58. The Hall–Kier alpha value is -3.26. The molecule has 0 saturated carbocycles. The van der Waals surface area contributed by atoms with Gasteiger partial charge < -0.3 is 10.2 Å². The maximum Gasteiger partial charge on any atom is 0.259 e. The van der Waals surface area contributed by atoms with Crippen molar-refractivity contribution >= 4 is 17.5 Å². The molecule has 3 aromatic rings. The molecule has 0 radical (unpaired) electrons. The number of piperidine rings is 1. The summed E-state index contributed by atoms with van der Waals surface area (Å²) in [5.74, 6) is 1.22. The summed E-state index contributed by atoms with van der Waals surface area (Å²) in [6.07, 6.45) is 5.75. The number of nitrogens with one attached hydrogen (secondary N) is 2. The minimum absolute atomic E-state index is 0.127. The van der Waals surface area contributed by atoms with Crippen molar-refractivity contribution in [1.82, 2.24) is 25.7 Å². The number of anilines is 2. The number of carbonyl (C=O) groups excluding carboxylic acids is 1. The molecule has 0 bridgehead atoms. The first-order valence-electron chi connectivity index (χ1n) is 9.78. The fourth-order valence-electron chi connectivity index (χ4n) is 3.58. The molecule has 1 saturated heterocycles. The van der Waals surface area contributed by atoms with E-state index < -0.39 is 0 Å². The lowest BCUT2D eigenvalue weighted by Gasteiger charge is -2.32. The third-order valence-electron chi connectivity index (χ3n) is 5.47. The first-order valence-corrected chi connectivity index (χ1v) is 9.78. The zero-order valence-electron chi connectivity index (χ0n) is 16.7. The molecule has 1 fully saturated rings. The summed E-state index contributed by atoms with van der Waals surface area (Å²) in [5, 5.41) is 18.8. The molecule has 1 aliphatic rings. The molecule has 2 aromatic heterocycles. The Kier molecular flexibility index (Phi) is 5.53. The number of nitrogens with zero attached hydrogens (tertiary/aromatic N) is 5. The van der Waals surface area contributed by atoms with Crippen molar-refractivity contribution in [3.63, 3.8) is 0 Å². The molecule has 2 N–H and O–H groups in total. The Morgan fingerprint density at radius 1 is 0.966 bits per heavy atom. The lowest BCUT2D eigenvalue weighted by atomic mass is 10.1. The van der Waals surface area contributed by atoms with Crippen molar-refractivity contribution in [3.05, 3.63) is 54.4 Å². The van der Waals surface area contributed by atoms with Crippen molar-refractivity contribution in [3.8, 4) is 11.1 Å². The zero-order valence-corrected chi connectivity index (χ0v) is 16.7. The van der Waals surface area contributed by atoms with Crippen LogP contribution in [0.5, 0.6) is 0 Å². The first-order chi connectivity index (χ1) is 14.1. The number of rotatable bonds is 5. The molecule has 8 nitrogen and oxygen atoms in total. The highest BCUT2D eigenvalue weighted by Crippen LogP contribution is 2.21. The Morgan fingerprint density at radius 2 is 1.66 bits per heavy atom. The first kappa shape index (κ1) is 19.1. The standard InChI is InChI=1S/C21H25N7O/c1-27(18-9-11-22-12-10-18)19-7-8-20(26-25-19)28(2)21(29)16-5-3-15(4-6-16)17-13-23-24-14-17/h3-8,13-14,18,22H,9-12H2,1-2H3,(H,23,24). The molecule has 0 spiro atoms. The van der Waals surface area contributed by atoms with E-state index in [-0.39, 0.29) is 5.91 Å². The Morgan fingerprint density at radius 3 is 2.28 bits per heavy atom. The summed E-state index contributed by atoms with van der Waals surface area (Å²) >= 11 is 0. The highest BCUT2D eigenvalue weighted by atomic mass is 16.2. The quantitative estimate of drug-likeness (QED) is 0.694. The second kappa shape index (κ2) is 8.40. The van der Waals surface area contributed by atoms with E-state index in [2.05, 4.69) is 37.7 Å². The summed E-state index contributed by atoms with van der Waals surface area (Å²) in [7, 11) is 3.77. The topological polar surface area (TPSA) is 90.0 Å². The average molecular weight is 391 g/mol. The largest absolute Gasteiger partial charge is 0.355 e. The molecular weight excluding hydrogens is 366 g/mol. The minimum Gasteiger partial charge on any atom is -0.355 e. The molecule has 1 amide bonds. The minimum atomic E-state index is -0.127. The van der Waals surface area contributed by atoms with Gasteiger partial charge in [-0.1, -0.05) is 12.1 Å². The molecule has 0 unspecified atom stereocenters. The van der Waals surface area contributed by atoms with Gasteiger partial charge in [0.05, 0.1) is 6.20 Å². The maximum atomic E-state index is 12.8. The summed E-state index contributed by atoms with van der Waals surface area (Å²) < 4.78 is 0. The van der Waals surface area contributed by atoms with Gasteiger partial charge in [0.15, 0.2) is 11.6 Å². The van der Waals surface area contributed by atoms with Crippen LogP contribution in [-0.4, -0.2) is 59.5 Å². The van der Waals surface area contributed by atoms with E-state index in [4.69, 9.17) is 0 Å². The fraction of sp³-hybridized carbons (Fsp3) is 0.333. The van der Waals surface area contributed by atoms with Crippen molar-refractivity contribution in [2.24, 2.45) is 0 Å². The van der Waals surface area contributed by atoms with Crippen LogP contribution in [0.2, 0.25) is 0 Å². The summed E-state index contributed by atoms with van der Waals surface area (Å²) in [6.45, 7) is 2.05. The highest BCUT2D eigenvalue weighted by Gasteiger charge is 2.20. The van der Waals surface area contributed by atoms with Crippen molar-refractivity contribution < 1.29 is 4.79 Å². The maximum absolute atomic E-state index is 12.8. The molecule has 0 atom stereocenters. The average Bonchev–Trinajstić information content (AvgIpc) is 3.33. The van der Waals surface area contributed by atoms with Gasteiger partial charge in [-0.15, -0.1) is 10.2 Å². The second-order valence-corrected chi connectivity index (χ2v) is 7.27. The fourth-order valence-corrected chi connectivity index (χ4v) is 3.58. The Bertz CT molecular complexity index is 932. The van der Waals surface area contributed by atoms with E-state index >= 15 is 0 Å². The van der Waals surface area contributed by atoms with Crippen LogP contribution < -0.4 is 15.1 Å². The molecule has 150 valence electrons. The van der Waals surface area contributed by atoms with Crippen LogP contribution in [0.4, 0.5) is 11.6 Å². The lowest BCUT2D eigenvalue weighted by molar-refractivity contribution is 0.0992. The van der Waals surface area contributed by atoms with E-state index in [1.807, 2.05) is 42.6 Å². The molecule has 29 heavy (non-hydrogen) atoms. The molecule has 3 heterocycles. The zero-order chi connectivity index (χ0) is 20.2. The van der Waals surface area contributed by atoms with Gasteiger partial charge in [0.25, 0.3) is 5.91 Å². The van der Waals surface area contributed by atoms with E-state index in [1.165, 1.54) is 4.90 Å². The molecular formula is C21H25N7O. The molecule has 1 aromatic carbocycles. The van der Waals surface area contributed by atoms with E-state index in [1.54, 1.807) is 13.2 Å². The van der Waals surface area contributed by atoms with Crippen LogP contribution in [0, 0.1) is 0 Å². The van der Waals surface area contributed by atoms with Gasteiger partial charge >= 0.3 is 0 Å². The van der Waals surface area contributed by atoms with Crippen molar-refractivity contribution in [2.75, 3.05) is 37.0 Å². The SMILES string of the molecule is CN(C(=O)c1ccc(-c2cn[nH]c2)cc1)c1ccc(N(C)C2CCNCC2)nn1. The second-order valence-electron chi connectivity index (χ2n) is 7.27. The van der Waals surface area contributed by atoms with E-state index in [9.17, 15) is 4.79 Å². The van der Waals surface area contributed by atoms with Gasteiger partial charge in [-0.2, -0.15) is 5.10 Å². The van der Waals surface area contributed by atoms with Gasteiger partial charge in [-0.25, -0.2) is 0 Å². The number of hydrogen-bond acceptors (Lipinski definition) is 6.